The van der Waals surface area contributed by atoms with Gasteiger partial charge >= 0.3 is 0 Å². The molecule has 0 aliphatic carbocycles. The van der Waals surface area contributed by atoms with E-state index in [-0.39, 0.29) is 17.5 Å². The Morgan fingerprint density at radius 2 is 2.28 bits per heavy atom. The van der Waals surface area contributed by atoms with E-state index in [1.165, 1.54) is 4.52 Å². The fourth-order valence-corrected chi connectivity index (χ4v) is 3.40. The molecule has 25 heavy (non-hydrogen) atoms. The average molecular weight is 337 g/mol. The number of H-pyrrole nitrogens is 1. The quantitative estimate of drug-likeness (QED) is 0.792. The largest absolute Gasteiger partial charge is 0.330 e. The van der Waals surface area contributed by atoms with Crippen molar-refractivity contribution in [3.05, 3.63) is 64.0 Å². The molecule has 4 rings (SSSR count). The van der Waals surface area contributed by atoms with Gasteiger partial charge in [0.15, 0.2) is 5.65 Å². The van der Waals surface area contributed by atoms with E-state index in [1.54, 1.807) is 30.6 Å². The first-order valence-electron chi connectivity index (χ1n) is 8.50. The monoisotopic (exact) mass is 337 g/mol. The maximum absolute atomic E-state index is 12.8. The fourth-order valence-electron chi connectivity index (χ4n) is 3.40. The number of hydrogen-bond acceptors (Lipinski definition) is 4. The molecule has 1 aliphatic rings. The van der Waals surface area contributed by atoms with E-state index >= 15 is 0 Å². The molecule has 1 saturated heterocycles. The Labute approximate surface area is 144 Å². The summed E-state index contributed by atoms with van der Waals surface area (Å²) >= 11 is 0. The second-order valence-corrected chi connectivity index (χ2v) is 6.24. The molecule has 1 N–H and O–H groups in total. The van der Waals surface area contributed by atoms with Crippen molar-refractivity contribution in [3.63, 3.8) is 0 Å². The topological polar surface area (TPSA) is 83.4 Å². The van der Waals surface area contributed by atoms with Crippen molar-refractivity contribution >= 4 is 11.6 Å². The van der Waals surface area contributed by atoms with E-state index in [2.05, 4.69) is 15.1 Å². The summed E-state index contributed by atoms with van der Waals surface area (Å²) in [4.78, 5) is 35.4. The molecule has 3 aromatic rings. The lowest BCUT2D eigenvalue weighted by Crippen LogP contribution is -2.31. The van der Waals surface area contributed by atoms with Crippen molar-refractivity contribution in [1.82, 2.24) is 24.5 Å². The van der Waals surface area contributed by atoms with Gasteiger partial charge in [0.25, 0.3) is 11.5 Å². The van der Waals surface area contributed by atoms with Gasteiger partial charge in [-0.1, -0.05) is 6.92 Å². The van der Waals surface area contributed by atoms with Crippen LogP contribution in [0.2, 0.25) is 0 Å². The average Bonchev–Trinajstić information content (AvgIpc) is 3.28. The molecule has 0 radical (unpaired) electrons. The van der Waals surface area contributed by atoms with Crippen LogP contribution in [-0.4, -0.2) is 36.9 Å². The lowest BCUT2D eigenvalue weighted by atomic mass is 10.1. The van der Waals surface area contributed by atoms with Crippen LogP contribution < -0.4 is 5.56 Å². The summed E-state index contributed by atoms with van der Waals surface area (Å²) in [5.74, 6) is -0.0381. The van der Waals surface area contributed by atoms with E-state index in [1.807, 2.05) is 17.9 Å². The summed E-state index contributed by atoms with van der Waals surface area (Å²) < 4.78 is 1.44. The van der Waals surface area contributed by atoms with Crippen molar-refractivity contribution in [2.75, 3.05) is 6.54 Å². The number of nitrogens with zero attached hydrogens (tertiary/aromatic N) is 4. The molecule has 3 aromatic heterocycles. The van der Waals surface area contributed by atoms with Crippen LogP contribution in [0.1, 0.15) is 47.6 Å². The van der Waals surface area contributed by atoms with Crippen LogP contribution >= 0.6 is 0 Å². The highest BCUT2D eigenvalue weighted by Crippen LogP contribution is 2.32. The smallest absolute Gasteiger partial charge is 0.272 e. The van der Waals surface area contributed by atoms with Gasteiger partial charge in [0.1, 0.15) is 0 Å². The number of aromatic nitrogens is 4. The Morgan fingerprint density at radius 1 is 1.40 bits per heavy atom. The minimum Gasteiger partial charge on any atom is -0.330 e. The van der Waals surface area contributed by atoms with Crippen LogP contribution in [0.15, 0.2) is 41.5 Å². The van der Waals surface area contributed by atoms with Gasteiger partial charge in [-0.15, -0.1) is 0 Å². The van der Waals surface area contributed by atoms with Gasteiger partial charge in [-0.25, -0.2) is 9.50 Å². The minimum atomic E-state index is -0.128. The number of pyridine rings is 1. The zero-order valence-corrected chi connectivity index (χ0v) is 14.0. The highest BCUT2D eigenvalue weighted by Gasteiger charge is 2.32. The molecule has 1 fully saturated rings. The van der Waals surface area contributed by atoms with Gasteiger partial charge in [0.05, 0.1) is 17.3 Å². The zero-order valence-electron chi connectivity index (χ0n) is 14.0. The van der Waals surface area contributed by atoms with Crippen LogP contribution in [0.5, 0.6) is 0 Å². The van der Waals surface area contributed by atoms with Gasteiger partial charge in [0, 0.05) is 36.8 Å². The van der Waals surface area contributed by atoms with Gasteiger partial charge in [-0.05, 0) is 31.4 Å². The lowest BCUT2D eigenvalue weighted by Gasteiger charge is -2.23. The van der Waals surface area contributed by atoms with Crippen molar-refractivity contribution in [2.45, 2.75) is 32.2 Å². The number of fused-ring (bicyclic) bond motifs is 1. The van der Waals surface area contributed by atoms with Gasteiger partial charge in [0.2, 0.25) is 0 Å². The SMILES string of the molecule is CCc1cc(=O)n2[nH]c(C3CCCN3C(=O)c3cccnc3)cc2n1. The lowest BCUT2D eigenvalue weighted by molar-refractivity contribution is 0.0732. The summed E-state index contributed by atoms with van der Waals surface area (Å²) in [7, 11) is 0. The van der Waals surface area contributed by atoms with Crippen LogP contribution in [0.4, 0.5) is 0 Å². The van der Waals surface area contributed by atoms with Gasteiger partial charge < -0.3 is 4.90 Å². The number of aryl methyl sites for hydroxylation is 1. The number of rotatable bonds is 3. The molecule has 0 aromatic carbocycles. The molecule has 1 amide bonds. The molecule has 7 heteroatoms. The van der Waals surface area contributed by atoms with Crippen LogP contribution in [0.25, 0.3) is 5.65 Å². The van der Waals surface area contributed by atoms with E-state index in [0.717, 1.165) is 24.2 Å². The number of amides is 1. The Bertz CT molecular complexity index is 976. The Balaban J connectivity index is 1.71. The molecule has 0 saturated carbocycles. The Kier molecular flexibility index (Phi) is 3.83. The second-order valence-electron chi connectivity index (χ2n) is 6.24. The number of carbonyl (C=O) groups is 1. The predicted molar refractivity (Wildman–Crippen MR) is 92.4 cm³/mol. The van der Waals surface area contributed by atoms with E-state index in [9.17, 15) is 9.59 Å². The van der Waals surface area contributed by atoms with Crippen LogP contribution in [0.3, 0.4) is 0 Å². The summed E-state index contributed by atoms with van der Waals surface area (Å²) in [6, 6.07) is 6.87. The first-order valence-corrected chi connectivity index (χ1v) is 8.50. The molecule has 1 unspecified atom stereocenters. The highest BCUT2D eigenvalue weighted by atomic mass is 16.2. The van der Waals surface area contributed by atoms with Gasteiger partial charge in [-0.3, -0.25) is 19.7 Å². The summed E-state index contributed by atoms with van der Waals surface area (Å²) in [5, 5.41) is 3.13. The number of aromatic amines is 1. The van der Waals surface area contributed by atoms with E-state index < -0.39 is 0 Å². The maximum Gasteiger partial charge on any atom is 0.272 e. The molecule has 1 atom stereocenters. The van der Waals surface area contributed by atoms with E-state index in [4.69, 9.17) is 0 Å². The van der Waals surface area contributed by atoms with E-state index in [0.29, 0.717) is 24.2 Å². The third-order valence-electron chi connectivity index (χ3n) is 4.67. The summed E-state index contributed by atoms with van der Waals surface area (Å²) in [6.07, 6.45) is 5.73. The Hall–Kier alpha value is -2.96. The molecular weight excluding hydrogens is 318 g/mol. The second kappa shape index (κ2) is 6.16. The standard InChI is InChI=1S/C18H19N5O2/c1-2-13-9-17(24)23-16(20-13)10-14(21-23)15-6-4-8-22(15)18(25)12-5-3-7-19-11-12/h3,5,7,9-11,15,21H,2,4,6,8H2,1H3. The number of likely N-dealkylation sites (tertiary alicyclic amines) is 1. The normalized spacial score (nSPS) is 17.3. The van der Waals surface area contributed by atoms with Crippen LogP contribution in [0, 0.1) is 0 Å². The minimum absolute atomic E-state index is 0.0381. The molecule has 1 aliphatic heterocycles. The number of hydrogen-bond donors (Lipinski definition) is 1. The van der Waals surface area contributed by atoms with Crippen molar-refractivity contribution in [3.8, 4) is 0 Å². The highest BCUT2D eigenvalue weighted by molar-refractivity contribution is 5.94. The first kappa shape index (κ1) is 15.6. The van der Waals surface area contributed by atoms with Crippen molar-refractivity contribution < 1.29 is 4.79 Å². The molecule has 128 valence electrons. The molecule has 4 heterocycles. The third kappa shape index (κ3) is 2.71. The molecular formula is C18H19N5O2. The molecule has 0 bridgehead atoms. The van der Waals surface area contributed by atoms with Gasteiger partial charge in [-0.2, -0.15) is 0 Å². The maximum atomic E-state index is 12.8. The molecule has 0 spiro atoms. The van der Waals surface area contributed by atoms with Crippen LogP contribution in [-0.2, 0) is 6.42 Å². The molecule has 7 nitrogen and oxygen atoms in total. The number of carbonyl (C=O) groups excluding carboxylic acids is 1. The predicted octanol–water partition coefficient (Wildman–Crippen LogP) is 1.96. The van der Waals surface area contributed by atoms with Crippen molar-refractivity contribution in [2.24, 2.45) is 0 Å². The summed E-state index contributed by atoms with van der Waals surface area (Å²) in [5.41, 5.74) is 2.66. The third-order valence-corrected chi connectivity index (χ3v) is 4.67. The first-order chi connectivity index (χ1) is 12.2. The number of nitrogens with one attached hydrogen (secondary N) is 1. The zero-order chi connectivity index (χ0) is 17.4. The van der Waals surface area contributed by atoms with Crippen molar-refractivity contribution in [1.29, 1.82) is 0 Å². The Morgan fingerprint density at radius 3 is 3.04 bits per heavy atom. The summed E-state index contributed by atoms with van der Waals surface area (Å²) in [6.45, 7) is 2.66. The fraction of sp³-hybridized carbons (Fsp3) is 0.333.